The highest BCUT2D eigenvalue weighted by molar-refractivity contribution is 6.37. The van der Waals surface area contributed by atoms with Gasteiger partial charge in [0.05, 0.1) is 6.04 Å². The fourth-order valence-electron chi connectivity index (χ4n) is 10.5. The second kappa shape index (κ2) is 13.2. The molecule has 4 bridgehead atoms. The normalized spacial score (nSPS) is 34.2. The zero-order valence-electron chi connectivity index (χ0n) is 27.4. The molecule has 6 saturated carbocycles. The summed E-state index contributed by atoms with van der Waals surface area (Å²) in [6, 6.07) is -2.72. The summed E-state index contributed by atoms with van der Waals surface area (Å²) in [6.45, 7) is 4.52. The molecule has 1 heterocycles. The Morgan fingerprint density at radius 3 is 1.98 bits per heavy atom. The van der Waals surface area contributed by atoms with E-state index in [4.69, 9.17) is 5.73 Å². The van der Waals surface area contributed by atoms with Gasteiger partial charge in [0.1, 0.15) is 12.1 Å². The molecule has 1 saturated heterocycles. The van der Waals surface area contributed by atoms with Gasteiger partial charge in [-0.05, 0) is 106 Å². The van der Waals surface area contributed by atoms with E-state index >= 15 is 0 Å². The highest BCUT2D eigenvalue weighted by Crippen LogP contribution is 2.55. The quantitative estimate of drug-likeness (QED) is 0.258. The molecule has 45 heavy (non-hydrogen) atoms. The average molecular weight is 626 g/mol. The van der Waals surface area contributed by atoms with Crippen molar-refractivity contribution in [3.05, 3.63) is 0 Å². The minimum atomic E-state index is -1.05. The topological polar surface area (TPSA) is 151 Å². The Labute approximate surface area is 268 Å². The Kier molecular flexibility index (Phi) is 9.49. The van der Waals surface area contributed by atoms with Crippen LogP contribution in [0.5, 0.6) is 0 Å². The number of amides is 5. The van der Waals surface area contributed by atoms with E-state index in [0.29, 0.717) is 37.1 Å². The standard InChI is InChI=1S/C35H55N5O5/c1-20(2)26-11-12-40(29(26)32(43)37-27(30(41)31(36)42)16-21-7-6-8-21)33(44)28(25-9-4-3-5-10-25)38-34(45)39-35-17-22-13-23(18-35)15-24(14-22)19-35/h20-29H,3-19H2,1-2H3,(H2,36,42)(H,37,43)(H2,38,39,45)/t22?,23?,24?,26-,27?,28+,29+,35?/m1/s1. The molecule has 7 rings (SSSR count). The van der Waals surface area contributed by atoms with Crippen molar-refractivity contribution in [2.45, 2.75) is 140 Å². The first-order valence-corrected chi connectivity index (χ1v) is 18.0. The molecule has 5 amide bonds. The van der Waals surface area contributed by atoms with Crippen molar-refractivity contribution in [2.75, 3.05) is 6.54 Å². The number of rotatable bonds is 11. The van der Waals surface area contributed by atoms with Crippen molar-refractivity contribution in [1.82, 2.24) is 20.9 Å². The lowest BCUT2D eigenvalue weighted by molar-refractivity contribution is -0.144. The van der Waals surface area contributed by atoms with Crippen molar-refractivity contribution in [3.63, 3.8) is 0 Å². The summed E-state index contributed by atoms with van der Waals surface area (Å²) in [7, 11) is 0. The van der Waals surface area contributed by atoms with E-state index in [9.17, 15) is 24.0 Å². The van der Waals surface area contributed by atoms with Gasteiger partial charge in [0.25, 0.3) is 5.91 Å². The van der Waals surface area contributed by atoms with Gasteiger partial charge < -0.3 is 26.6 Å². The number of likely N-dealkylation sites (tertiary alicyclic amines) is 1. The molecule has 250 valence electrons. The minimum absolute atomic E-state index is 0.0120. The van der Waals surface area contributed by atoms with Crippen LogP contribution in [0.4, 0.5) is 4.79 Å². The molecule has 0 radical (unpaired) electrons. The maximum absolute atomic E-state index is 14.6. The van der Waals surface area contributed by atoms with E-state index in [0.717, 1.165) is 70.6 Å². The molecule has 0 spiro atoms. The Morgan fingerprint density at radius 2 is 1.44 bits per heavy atom. The van der Waals surface area contributed by atoms with Crippen LogP contribution in [0.2, 0.25) is 0 Å². The summed E-state index contributed by atoms with van der Waals surface area (Å²) in [5.74, 6) is -0.0593. The molecule has 5 N–H and O–H groups in total. The Morgan fingerprint density at radius 1 is 0.822 bits per heavy atom. The summed E-state index contributed by atoms with van der Waals surface area (Å²) in [6.07, 6.45) is 15.9. The summed E-state index contributed by atoms with van der Waals surface area (Å²) in [5.41, 5.74) is 5.21. The van der Waals surface area contributed by atoms with Gasteiger partial charge in [-0.15, -0.1) is 0 Å². The van der Waals surface area contributed by atoms with Gasteiger partial charge in [0.15, 0.2) is 0 Å². The summed E-state index contributed by atoms with van der Waals surface area (Å²) in [5, 5.41) is 9.44. The monoisotopic (exact) mass is 625 g/mol. The fraction of sp³-hybridized carbons (Fsp3) is 0.857. The van der Waals surface area contributed by atoms with E-state index in [1.165, 1.54) is 19.3 Å². The molecular formula is C35H55N5O5. The lowest BCUT2D eigenvalue weighted by Gasteiger charge is -2.56. The van der Waals surface area contributed by atoms with E-state index < -0.39 is 35.7 Å². The number of Topliss-reactive ketones (excluding diaryl/α,β-unsaturated/α-hetero) is 1. The first-order valence-electron chi connectivity index (χ1n) is 18.0. The Bertz CT molecular complexity index is 1130. The summed E-state index contributed by atoms with van der Waals surface area (Å²) >= 11 is 0. The van der Waals surface area contributed by atoms with Crippen LogP contribution in [0.3, 0.4) is 0 Å². The number of hydrogen-bond acceptors (Lipinski definition) is 5. The van der Waals surface area contributed by atoms with Crippen molar-refractivity contribution >= 4 is 29.5 Å². The maximum atomic E-state index is 14.6. The van der Waals surface area contributed by atoms with E-state index in [2.05, 4.69) is 29.8 Å². The number of nitrogens with two attached hydrogens (primary N) is 1. The van der Waals surface area contributed by atoms with Crippen LogP contribution in [0.25, 0.3) is 0 Å². The smallest absolute Gasteiger partial charge is 0.315 e. The number of nitrogens with zero attached hydrogens (tertiary/aromatic N) is 1. The van der Waals surface area contributed by atoms with Crippen molar-refractivity contribution in [3.8, 4) is 0 Å². The molecule has 7 aliphatic rings. The van der Waals surface area contributed by atoms with Gasteiger partial charge in [-0.25, -0.2) is 4.79 Å². The molecule has 0 aromatic rings. The molecule has 1 unspecified atom stereocenters. The van der Waals surface area contributed by atoms with E-state index in [1.807, 2.05) is 0 Å². The molecule has 0 aromatic heterocycles. The summed E-state index contributed by atoms with van der Waals surface area (Å²) < 4.78 is 0. The van der Waals surface area contributed by atoms with Crippen LogP contribution in [0, 0.1) is 41.4 Å². The van der Waals surface area contributed by atoms with Gasteiger partial charge in [0, 0.05) is 12.1 Å². The van der Waals surface area contributed by atoms with Gasteiger partial charge in [0.2, 0.25) is 17.6 Å². The molecule has 10 heteroatoms. The van der Waals surface area contributed by atoms with Crippen LogP contribution >= 0.6 is 0 Å². The zero-order valence-corrected chi connectivity index (χ0v) is 27.4. The SMILES string of the molecule is CC(C)[C@H]1CCN(C(=O)[C@@H](NC(=O)NC23CC4CC(CC(C4)C2)C3)C2CCCCC2)[C@@H]1C(=O)NC(CC1CCC1)C(=O)C(N)=O. The number of nitrogens with one attached hydrogen (secondary N) is 3. The fourth-order valence-corrected chi connectivity index (χ4v) is 10.5. The second-order valence-electron chi connectivity index (χ2n) is 16.2. The largest absolute Gasteiger partial charge is 0.363 e. The van der Waals surface area contributed by atoms with Crippen LogP contribution in [-0.4, -0.2) is 64.6 Å². The van der Waals surface area contributed by atoms with Gasteiger partial charge in [-0.2, -0.15) is 0 Å². The van der Waals surface area contributed by atoms with Crippen LogP contribution in [0.1, 0.15) is 117 Å². The lowest BCUT2D eigenvalue weighted by atomic mass is 9.53. The van der Waals surface area contributed by atoms with E-state index in [-0.39, 0.29) is 41.1 Å². The first kappa shape index (κ1) is 32.3. The molecule has 1 aliphatic heterocycles. The number of carbonyl (C=O) groups excluding carboxylic acids is 5. The van der Waals surface area contributed by atoms with Crippen LogP contribution in [0.15, 0.2) is 0 Å². The van der Waals surface area contributed by atoms with Gasteiger partial charge in [-0.3, -0.25) is 19.2 Å². The second-order valence-corrected chi connectivity index (χ2v) is 16.2. The third-order valence-corrected chi connectivity index (χ3v) is 12.6. The average Bonchev–Trinajstić information content (AvgIpc) is 3.42. The molecular weight excluding hydrogens is 570 g/mol. The van der Waals surface area contributed by atoms with Crippen molar-refractivity contribution < 1.29 is 24.0 Å². The van der Waals surface area contributed by atoms with Crippen LogP contribution < -0.4 is 21.7 Å². The van der Waals surface area contributed by atoms with Crippen molar-refractivity contribution in [1.29, 1.82) is 0 Å². The third-order valence-electron chi connectivity index (χ3n) is 12.6. The minimum Gasteiger partial charge on any atom is -0.363 e. The molecule has 10 nitrogen and oxygen atoms in total. The molecule has 4 atom stereocenters. The predicted octanol–water partition coefficient (Wildman–Crippen LogP) is 3.81. The van der Waals surface area contributed by atoms with E-state index in [1.54, 1.807) is 4.90 Å². The molecule has 7 fully saturated rings. The Balaban J connectivity index is 1.19. The maximum Gasteiger partial charge on any atom is 0.315 e. The number of ketones is 1. The highest BCUT2D eigenvalue weighted by Gasteiger charge is 2.52. The first-order chi connectivity index (χ1) is 21.5. The zero-order chi connectivity index (χ0) is 31.9. The number of primary amides is 1. The molecule has 0 aromatic carbocycles. The number of hydrogen-bond donors (Lipinski definition) is 4. The molecule has 6 aliphatic carbocycles. The van der Waals surface area contributed by atoms with Gasteiger partial charge >= 0.3 is 6.03 Å². The van der Waals surface area contributed by atoms with Gasteiger partial charge in [-0.1, -0.05) is 52.4 Å². The summed E-state index contributed by atoms with van der Waals surface area (Å²) in [4.78, 5) is 68.7. The number of urea groups is 1. The predicted molar refractivity (Wildman–Crippen MR) is 169 cm³/mol. The highest BCUT2D eigenvalue weighted by atomic mass is 16.2. The van der Waals surface area contributed by atoms with Crippen molar-refractivity contribution in [2.24, 2.45) is 47.2 Å². The third kappa shape index (κ3) is 6.90. The van der Waals surface area contributed by atoms with Crippen LogP contribution in [-0.2, 0) is 19.2 Å². The lowest BCUT2D eigenvalue weighted by Crippen LogP contribution is -2.64. The number of carbonyl (C=O) groups is 5. The Hall–Kier alpha value is -2.65.